The number of nitrogens with zero attached hydrogens (tertiary/aromatic N) is 1. The largest absolute Gasteiger partial charge is 0.472 e. The zero-order valence-electron chi connectivity index (χ0n) is 11.5. The van der Waals surface area contributed by atoms with Crippen LogP contribution in [0.15, 0.2) is 28.8 Å². The Balaban J connectivity index is 1.88. The van der Waals surface area contributed by atoms with Gasteiger partial charge in [-0.05, 0) is 38.1 Å². The molecule has 5 heteroatoms. The highest BCUT2D eigenvalue weighted by atomic mass is 16.5. The summed E-state index contributed by atoms with van der Waals surface area (Å²) in [6.45, 7) is 6.79. The molecular formula is C14H20N2O3. The van der Waals surface area contributed by atoms with E-state index in [-0.39, 0.29) is 12.1 Å². The van der Waals surface area contributed by atoms with E-state index in [1.807, 2.05) is 45.0 Å². The number of para-hydroxylation sites is 1. The number of rotatable bonds is 5. The Bertz CT molecular complexity index is 531. The predicted octanol–water partition coefficient (Wildman–Crippen LogP) is 1.96. The van der Waals surface area contributed by atoms with Crippen LogP contribution in [-0.4, -0.2) is 35.1 Å². The summed E-state index contributed by atoms with van der Waals surface area (Å²) in [6, 6.07) is 7.47. The van der Waals surface area contributed by atoms with Gasteiger partial charge in [-0.15, -0.1) is 0 Å². The average molecular weight is 264 g/mol. The maximum atomic E-state index is 9.84. The first-order valence-corrected chi connectivity index (χ1v) is 6.36. The van der Waals surface area contributed by atoms with Crippen LogP contribution in [-0.2, 0) is 0 Å². The molecule has 0 saturated heterocycles. The first-order chi connectivity index (χ1) is 8.96. The lowest BCUT2D eigenvalue weighted by atomic mass is 10.1. The number of aliphatic hydroxyl groups excluding tert-OH is 1. The molecule has 19 heavy (non-hydrogen) atoms. The fraction of sp³-hybridized carbons (Fsp3) is 0.500. The highest BCUT2D eigenvalue weighted by Gasteiger charge is 2.14. The van der Waals surface area contributed by atoms with Crippen molar-refractivity contribution >= 4 is 11.0 Å². The van der Waals surface area contributed by atoms with Gasteiger partial charge in [-0.25, -0.2) is 0 Å². The molecule has 2 aromatic rings. The lowest BCUT2D eigenvalue weighted by Crippen LogP contribution is -2.42. The zero-order valence-corrected chi connectivity index (χ0v) is 11.5. The third-order valence-corrected chi connectivity index (χ3v) is 2.62. The Kier molecular flexibility index (Phi) is 4.07. The van der Waals surface area contributed by atoms with Crippen LogP contribution in [0.1, 0.15) is 20.8 Å². The van der Waals surface area contributed by atoms with Crippen LogP contribution in [0.5, 0.6) is 5.88 Å². The van der Waals surface area contributed by atoms with Gasteiger partial charge in [0.25, 0.3) is 5.88 Å². The fourth-order valence-electron chi connectivity index (χ4n) is 1.62. The summed E-state index contributed by atoms with van der Waals surface area (Å²) in [5.74, 6) is 0.422. The molecule has 1 aromatic carbocycles. The smallest absolute Gasteiger partial charge is 0.262 e. The standard InChI is InChI=1S/C14H20N2O3/c1-14(2,3)15-8-10(17)9-18-13-11-6-4-5-7-12(11)19-16-13/h4-7,10,15,17H,8-9H2,1-3H3. The van der Waals surface area contributed by atoms with Crippen LogP contribution in [0.25, 0.3) is 11.0 Å². The average Bonchev–Trinajstić information content (AvgIpc) is 2.76. The highest BCUT2D eigenvalue weighted by Crippen LogP contribution is 2.24. The van der Waals surface area contributed by atoms with E-state index in [2.05, 4.69) is 10.5 Å². The molecule has 1 aromatic heterocycles. The Morgan fingerprint density at radius 1 is 1.37 bits per heavy atom. The highest BCUT2D eigenvalue weighted by molar-refractivity contribution is 5.81. The maximum Gasteiger partial charge on any atom is 0.262 e. The van der Waals surface area contributed by atoms with Gasteiger partial charge in [0.15, 0.2) is 5.58 Å². The molecule has 0 radical (unpaired) electrons. The number of β-amino-alcohol motifs (C(OH)–C–C–N with tert-alkyl or cyclic N) is 1. The van der Waals surface area contributed by atoms with Crippen molar-refractivity contribution in [1.29, 1.82) is 0 Å². The van der Waals surface area contributed by atoms with Crippen LogP contribution in [0, 0.1) is 0 Å². The van der Waals surface area contributed by atoms with Crippen molar-refractivity contribution < 1.29 is 14.4 Å². The lowest BCUT2D eigenvalue weighted by Gasteiger charge is -2.22. The van der Waals surface area contributed by atoms with Gasteiger partial charge in [0, 0.05) is 12.1 Å². The molecule has 1 heterocycles. The molecular weight excluding hydrogens is 244 g/mol. The summed E-state index contributed by atoms with van der Waals surface area (Å²) in [6.07, 6.45) is -0.588. The molecule has 0 bridgehead atoms. The number of aromatic nitrogens is 1. The van der Waals surface area contributed by atoms with E-state index in [0.29, 0.717) is 18.0 Å². The SMILES string of the molecule is CC(C)(C)NCC(O)COc1noc2ccccc12. The summed E-state index contributed by atoms with van der Waals surface area (Å²) in [7, 11) is 0. The van der Waals surface area contributed by atoms with Crippen molar-refractivity contribution in [3.05, 3.63) is 24.3 Å². The topological polar surface area (TPSA) is 67.5 Å². The van der Waals surface area contributed by atoms with Crippen LogP contribution >= 0.6 is 0 Å². The molecule has 2 rings (SSSR count). The van der Waals surface area contributed by atoms with E-state index in [9.17, 15) is 5.11 Å². The number of aliphatic hydroxyl groups is 1. The van der Waals surface area contributed by atoms with Gasteiger partial charge in [-0.1, -0.05) is 12.1 Å². The van der Waals surface area contributed by atoms with Crippen molar-refractivity contribution in [2.45, 2.75) is 32.4 Å². The summed E-state index contributed by atoms with van der Waals surface area (Å²) in [5, 5.41) is 17.7. The summed E-state index contributed by atoms with van der Waals surface area (Å²) < 4.78 is 10.6. The number of hydrogen-bond donors (Lipinski definition) is 2. The fourth-order valence-corrected chi connectivity index (χ4v) is 1.62. The first-order valence-electron chi connectivity index (χ1n) is 6.36. The van der Waals surface area contributed by atoms with Gasteiger partial charge < -0.3 is 19.7 Å². The molecule has 2 N–H and O–H groups in total. The van der Waals surface area contributed by atoms with E-state index in [4.69, 9.17) is 9.26 Å². The number of nitrogens with one attached hydrogen (secondary N) is 1. The monoisotopic (exact) mass is 264 g/mol. The van der Waals surface area contributed by atoms with Gasteiger partial charge >= 0.3 is 0 Å². The van der Waals surface area contributed by atoms with E-state index >= 15 is 0 Å². The number of fused-ring (bicyclic) bond motifs is 1. The number of ether oxygens (including phenoxy) is 1. The Labute approximate surface area is 112 Å². The van der Waals surface area contributed by atoms with Gasteiger partial charge in [-0.3, -0.25) is 0 Å². The summed E-state index contributed by atoms with van der Waals surface area (Å²) in [4.78, 5) is 0. The van der Waals surface area contributed by atoms with Gasteiger partial charge in [0.05, 0.1) is 5.39 Å². The molecule has 1 atom stereocenters. The second kappa shape index (κ2) is 5.59. The van der Waals surface area contributed by atoms with Crippen molar-refractivity contribution in [3.8, 4) is 5.88 Å². The Morgan fingerprint density at radius 3 is 2.84 bits per heavy atom. The minimum atomic E-state index is -0.588. The minimum absolute atomic E-state index is 0.0262. The third kappa shape index (κ3) is 3.94. The van der Waals surface area contributed by atoms with E-state index in [1.54, 1.807) is 0 Å². The van der Waals surface area contributed by atoms with Crippen molar-refractivity contribution in [2.75, 3.05) is 13.2 Å². The molecule has 5 nitrogen and oxygen atoms in total. The molecule has 0 aliphatic heterocycles. The molecule has 0 spiro atoms. The quantitative estimate of drug-likeness (QED) is 0.864. The predicted molar refractivity (Wildman–Crippen MR) is 73.3 cm³/mol. The number of benzene rings is 1. The van der Waals surface area contributed by atoms with Gasteiger partial charge in [-0.2, -0.15) is 0 Å². The molecule has 0 amide bonds. The maximum absolute atomic E-state index is 9.84. The first kappa shape index (κ1) is 13.8. The van der Waals surface area contributed by atoms with Crippen LogP contribution < -0.4 is 10.1 Å². The zero-order chi connectivity index (χ0) is 13.9. The van der Waals surface area contributed by atoms with E-state index in [0.717, 1.165) is 5.39 Å². The molecule has 0 saturated carbocycles. The van der Waals surface area contributed by atoms with Gasteiger partial charge in [0.2, 0.25) is 0 Å². The third-order valence-electron chi connectivity index (χ3n) is 2.62. The van der Waals surface area contributed by atoms with E-state index in [1.165, 1.54) is 0 Å². The molecule has 0 aliphatic rings. The normalized spacial score (nSPS) is 13.7. The Hall–Kier alpha value is -1.59. The lowest BCUT2D eigenvalue weighted by molar-refractivity contribution is 0.0964. The van der Waals surface area contributed by atoms with Gasteiger partial charge in [0.1, 0.15) is 12.7 Å². The molecule has 0 aliphatic carbocycles. The Morgan fingerprint density at radius 2 is 2.11 bits per heavy atom. The van der Waals surface area contributed by atoms with Crippen LogP contribution in [0.2, 0.25) is 0 Å². The van der Waals surface area contributed by atoms with Crippen LogP contribution in [0.4, 0.5) is 0 Å². The second-order valence-corrected chi connectivity index (χ2v) is 5.58. The van der Waals surface area contributed by atoms with Crippen molar-refractivity contribution in [2.24, 2.45) is 0 Å². The molecule has 0 fully saturated rings. The summed E-state index contributed by atoms with van der Waals surface area (Å²) >= 11 is 0. The minimum Gasteiger partial charge on any atom is -0.472 e. The van der Waals surface area contributed by atoms with Crippen molar-refractivity contribution in [3.63, 3.8) is 0 Å². The second-order valence-electron chi connectivity index (χ2n) is 5.58. The summed E-state index contributed by atoms with van der Waals surface area (Å²) in [5.41, 5.74) is 0.654. The molecule has 104 valence electrons. The van der Waals surface area contributed by atoms with E-state index < -0.39 is 6.10 Å². The van der Waals surface area contributed by atoms with Crippen molar-refractivity contribution in [1.82, 2.24) is 10.5 Å². The number of hydrogen-bond acceptors (Lipinski definition) is 5. The molecule has 1 unspecified atom stereocenters. The van der Waals surface area contributed by atoms with Crippen LogP contribution in [0.3, 0.4) is 0 Å².